The lowest BCUT2D eigenvalue weighted by molar-refractivity contribution is -0.144. The quantitative estimate of drug-likeness (QED) is 0.227. The highest BCUT2D eigenvalue weighted by molar-refractivity contribution is 8.00. The summed E-state index contributed by atoms with van der Waals surface area (Å²) in [4.78, 5) is 79.6. The van der Waals surface area contributed by atoms with Crippen LogP contribution >= 0.6 is 23.4 Å². The number of imide groups is 1. The van der Waals surface area contributed by atoms with Gasteiger partial charge in [-0.05, 0) is 49.6 Å². The van der Waals surface area contributed by atoms with E-state index in [1.165, 1.54) is 16.7 Å². The minimum atomic E-state index is -0.350. The van der Waals surface area contributed by atoms with E-state index in [-0.39, 0.29) is 53.0 Å². The van der Waals surface area contributed by atoms with E-state index in [2.05, 4.69) is 25.3 Å². The predicted molar refractivity (Wildman–Crippen MR) is 225 cm³/mol. The van der Waals surface area contributed by atoms with Crippen molar-refractivity contribution < 1.29 is 28.7 Å². The molecule has 58 heavy (non-hydrogen) atoms. The molecule has 4 fully saturated rings. The lowest BCUT2D eigenvalue weighted by Gasteiger charge is -2.40. The van der Waals surface area contributed by atoms with Gasteiger partial charge in [-0.25, -0.2) is 4.99 Å². The number of carbonyl (C=O) groups excluding carboxylic acids is 5. The maximum Gasteiger partial charge on any atom is 0.242 e. The van der Waals surface area contributed by atoms with E-state index in [0.717, 1.165) is 68.9 Å². The maximum atomic E-state index is 14.0. The van der Waals surface area contributed by atoms with Crippen LogP contribution in [0.3, 0.4) is 0 Å². The third-order valence-corrected chi connectivity index (χ3v) is 13.2. The van der Waals surface area contributed by atoms with Crippen molar-refractivity contribution in [2.75, 3.05) is 90.8 Å². The molecule has 0 bridgehead atoms. The topological polar surface area (TPSA) is 147 Å². The first-order valence-electron chi connectivity index (χ1n) is 20.8. The summed E-state index contributed by atoms with van der Waals surface area (Å²) in [5.41, 5.74) is 1.56. The number of nitrogens with one attached hydrogen (secondary N) is 2. The molecule has 4 heterocycles. The number of likely N-dealkylation sites (tertiary alicyclic amines) is 1. The number of rotatable bonds is 13. The number of fused-ring (bicyclic) bond motifs is 2. The summed E-state index contributed by atoms with van der Waals surface area (Å²) in [5, 5.41) is 6.35. The van der Waals surface area contributed by atoms with Crippen LogP contribution in [0.4, 0.5) is 5.69 Å². The minimum absolute atomic E-state index is 0.0349. The average molecular weight is 835 g/mol. The number of hydrogen-bond acceptors (Lipinski definition) is 11. The van der Waals surface area contributed by atoms with Gasteiger partial charge in [-0.3, -0.25) is 38.7 Å². The summed E-state index contributed by atoms with van der Waals surface area (Å²) in [5.74, 6) is 1.83. The summed E-state index contributed by atoms with van der Waals surface area (Å²) in [6.45, 7) is 9.79. The van der Waals surface area contributed by atoms with Gasteiger partial charge in [-0.2, -0.15) is 0 Å². The van der Waals surface area contributed by atoms with Crippen molar-refractivity contribution in [2.24, 2.45) is 16.8 Å². The van der Waals surface area contributed by atoms with Crippen LogP contribution in [-0.2, 0) is 24.0 Å². The van der Waals surface area contributed by atoms with Crippen LogP contribution in [0, 0.1) is 11.8 Å². The van der Waals surface area contributed by atoms with Crippen LogP contribution in [0.5, 0.6) is 11.5 Å². The zero-order valence-corrected chi connectivity index (χ0v) is 34.9. The standard InChI is InChI=1S/C42H55ClN8O6S/c1-2-15-51-38(53)27-36(42(51)56)58-25-14-44-37(52)28-48-19-17-47(18-20-48)16-13-45-40(54)30-7-3-4-8-31(30)41(55)50-23-21-49(22-24-50)39-32-26-29(43)11-12-34(32)57-35-10-6-5-9-33(35)46-39/h5-6,9-12,26,30-31,36H,2-4,7-8,13-25,27-28H2,1H3,(H,44,52)(H,45,54). The molecule has 4 aliphatic heterocycles. The van der Waals surface area contributed by atoms with Gasteiger partial charge in [-0.15, -0.1) is 11.8 Å². The van der Waals surface area contributed by atoms with Gasteiger partial charge in [0.05, 0.1) is 17.4 Å². The van der Waals surface area contributed by atoms with Crippen molar-refractivity contribution >= 4 is 64.4 Å². The van der Waals surface area contributed by atoms with E-state index >= 15 is 0 Å². The Morgan fingerprint density at radius 2 is 1.60 bits per heavy atom. The lowest BCUT2D eigenvalue weighted by Crippen LogP contribution is -2.54. The van der Waals surface area contributed by atoms with Crippen molar-refractivity contribution in [1.82, 2.24) is 35.1 Å². The highest BCUT2D eigenvalue weighted by Gasteiger charge is 2.40. The number of hydrogen-bond donors (Lipinski definition) is 2. The Bertz CT molecular complexity index is 1870. The molecule has 2 aromatic rings. The fourth-order valence-electron chi connectivity index (χ4n) is 8.58. The first-order chi connectivity index (χ1) is 28.2. The summed E-state index contributed by atoms with van der Waals surface area (Å²) in [6.07, 6.45) is 4.30. The molecular formula is C42H55ClN8O6S. The molecule has 14 nitrogen and oxygen atoms in total. The first kappa shape index (κ1) is 42.0. The molecule has 2 N–H and O–H groups in total. The van der Waals surface area contributed by atoms with E-state index in [0.29, 0.717) is 87.6 Å². The first-order valence-corrected chi connectivity index (χ1v) is 22.2. The molecule has 0 spiro atoms. The molecule has 312 valence electrons. The van der Waals surface area contributed by atoms with Gasteiger partial charge in [-0.1, -0.05) is 43.5 Å². The Balaban J connectivity index is 0.815. The highest BCUT2D eigenvalue weighted by Crippen LogP contribution is 2.39. The fourth-order valence-corrected chi connectivity index (χ4v) is 9.79. The van der Waals surface area contributed by atoms with Crippen LogP contribution in [0.1, 0.15) is 51.0 Å². The molecule has 1 aliphatic carbocycles. The summed E-state index contributed by atoms with van der Waals surface area (Å²) in [7, 11) is 0. The Labute approximate surface area is 350 Å². The molecule has 16 heteroatoms. The Morgan fingerprint density at radius 3 is 2.38 bits per heavy atom. The third kappa shape index (κ3) is 10.2. The number of halogens is 1. The van der Waals surface area contributed by atoms with Gasteiger partial charge in [0.15, 0.2) is 5.75 Å². The van der Waals surface area contributed by atoms with E-state index in [1.54, 1.807) is 0 Å². The number of amides is 5. The second-order valence-electron chi connectivity index (χ2n) is 15.7. The van der Waals surface area contributed by atoms with Crippen LogP contribution in [0.2, 0.25) is 5.02 Å². The van der Waals surface area contributed by atoms with Gasteiger partial charge in [0.2, 0.25) is 29.5 Å². The molecule has 3 atom stereocenters. The highest BCUT2D eigenvalue weighted by atomic mass is 35.5. The predicted octanol–water partition coefficient (Wildman–Crippen LogP) is 3.60. The van der Waals surface area contributed by atoms with Crippen LogP contribution < -0.4 is 15.4 Å². The number of ether oxygens (including phenoxy) is 1. The maximum absolute atomic E-state index is 14.0. The molecule has 5 aliphatic rings. The molecule has 2 aromatic carbocycles. The SMILES string of the molecule is CCCN1C(=O)CC(SCCNC(=O)CN2CCN(CCNC(=O)C3CCCCC3C(=O)N3CCN(C4=Nc5ccccc5Oc5ccc(Cl)cc54)CC3)CC2)C1=O. The zero-order chi connectivity index (χ0) is 40.6. The van der Waals surface area contributed by atoms with E-state index < -0.39 is 0 Å². The number of nitrogens with zero attached hydrogens (tertiary/aromatic N) is 6. The molecular weight excluding hydrogens is 780 g/mol. The molecule has 0 aromatic heterocycles. The number of thioether (sulfide) groups is 1. The van der Waals surface area contributed by atoms with E-state index in [1.807, 2.05) is 54.3 Å². The van der Waals surface area contributed by atoms with Gasteiger partial charge in [0.25, 0.3) is 0 Å². The molecule has 7 rings (SSSR count). The van der Waals surface area contributed by atoms with Crippen molar-refractivity contribution in [3.63, 3.8) is 0 Å². The molecule has 0 radical (unpaired) electrons. The summed E-state index contributed by atoms with van der Waals surface area (Å²) < 4.78 is 6.23. The number of para-hydroxylation sites is 2. The smallest absolute Gasteiger partial charge is 0.242 e. The van der Waals surface area contributed by atoms with E-state index in [9.17, 15) is 24.0 Å². The zero-order valence-electron chi connectivity index (χ0n) is 33.3. The molecule has 3 saturated heterocycles. The second kappa shape index (κ2) is 19.7. The summed E-state index contributed by atoms with van der Waals surface area (Å²) in [6, 6.07) is 13.2. The third-order valence-electron chi connectivity index (χ3n) is 11.8. The monoisotopic (exact) mass is 834 g/mol. The summed E-state index contributed by atoms with van der Waals surface area (Å²) >= 11 is 7.86. The molecule has 3 unspecified atom stereocenters. The average Bonchev–Trinajstić information content (AvgIpc) is 3.39. The normalized spacial score (nSPS) is 22.8. The van der Waals surface area contributed by atoms with Crippen molar-refractivity contribution in [3.8, 4) is 11.5 Å². The van der Waals surface area contributed by atoms with Gasteiger partial charge in [0.1, 0.15) is 17.3 Å². The Morgan fingerprint density at radius 1 is 0.862 bits per heavy atom. The lowest BCUT2D eigenvalue weighted by atomic mass is 9.77. The number of amidine groups is 1. The van der Waals surface area contributed by atoms with Crippen molar-refractivity contribution in [3.05, 3.63) is 53.1 Å². The second-order valence-corrected chi connectivity index (χ2v) is 17.4. The number of benzene rings is 2. The minimum Gasteiger partial charge on any atom is -0.454 e. The van der Waals surface area contributed by atoms with Gasteiger partial charge < -0.3 is 25.2 Å². The van der Waals surface area contributed by atoms with Crippen LogP contribution in [-0.4, -0.2) is 156 Å². The molecule has 1 saturated carbocycles. The largest absolute Gasteiger partial charge is 0.454 e. The Kier molecular flexibility index (Phi) is 14.3. The van der Waals surface area contributed by atoms with E-state index in [4.69, 9.17) is 21.3 Å². The van der Waals surface area contributed by atoms with Crippen molar-refractivity contribution in [2.45, 2.75) is 50.7 Å². The van der Waals surface area contributed by atoms with Gasteiger partial charge in [0, 0.05) is 108 Å². The Hall–Kier alpha value is -4.18. The van der Waals surface area contributed by atoms with Gasteiger partial charge >= 0.3 is 0 Å². The number of piperazine rings is 2. The van der Waals surface area contributed by atoms with Crippen molar-refractivity contribution in [1.29, 1.82) is 0 Å². The fraction of sp³-hybridized carbons (Fsp3) is 0.571. The molecule has 5 amide bonds. The van der Waals surface area contributed by atoms with Crippen LogP contribution in [0.25, 0.3) is 0 Å². The number of carbonyl (C=O) groups is 5. The number of aliphatic imine (C=N–C) groups is 1. The van der Waals surface area contributed by atoms with Crippen LogP contribution in [0.15, 0.2) is 47.5 Å².